The summed E-state index contributed by atoms with van der Waals surface area (Å²) in [6, 6.07) is 18.3. The number of nitrogens with zero attached hydrogens (tertiary/aromatic N) is 2. The van der Waals surface area contributed by atoms with Gasteiger partial charge in [0.2, 0.25) is 5.91 Å². The van der Waals surface area contributed by atoms with Crippen molar-refractivity contribution in [3.8, 4) is 0 Å². The molecule has 1 atom stereocenters. The Morgan fingerprint density at radius 3 is 2.58 bits per heavy atom. The van der Waals surface area contributed by atoms with Crippen LogP contribution in [0.25, 0.3) is 10.2 Å². The number of thiazole rings is 1. The van der Waals surface area contributed by atoms with Crippen molar-refractivity contribution in [2.45, 2.75) is 18.6 Å². The lowest BCUT2D eigenvalue weighted by Gasteiger charge is -2.22. The van der Waals surface area contributed by atoms with Crippen LogP contribution >= 0.6 is 23.1 Å². The SMILES string of the molecule is CSC(C)C(=O)N(CCc1ccccc1)c1nc2ccccc2s1. The van der Waals surface area contributed by atoms with Gasteiger partial charge in [-0.2, -0.15) is 11.8 Å². The van der Waals surface area contributed by atoms with Crippen molar-refractivity contribution in [2.75, 3.05) is 17.7 Å². The van der Waals surface area contributed by atoms with E-state index >= 15 is 0 Å². The van der Waals surface area contributed by atoms with Gasteiger partial charge in [0, 0.05) is 6.54 Å². The minimum absolute atomic E-state index is 0.0761. The van der Waals surface area contributed by atoms with Crippen LogP contribution in [-0.2, 0) is 11.2 Å². The van der Waals surface area contributed by atoms with Crippen LogP contribution in [0, 0.1) is 0 Å². The van der Waals surface area contributed by atoms with Crippen molar-refractivity contribution in [3.63, 3.8) is 0 Å². The number of hydrogen-bond acceptors (Lipinski definition) is 4. The van der Waals surface area contributed by atoms with Gasteiger partial charge in [-0.25, -0.2) is 4.98 Å². The van der Waals surface area contributed by atoms with E-state index in [-0.39, 0.29) is 11.2 Å². The number of amides is 1. The van der Waals surface area contributed by atoms with E-state index in [1.165, 1.54) is 5.56 Å². The van der Waals surface area contributed by atoms with Gasteiger partial charge >= 0.3 is 0 Å². The molecule has 124 valence electrons. The molecule has 0 radical (unpaired) electrons. The van der Waals surface area contributed by atoms with Gasteiger partial charge in [-0.3, -0.25) is 9.69 Å². The molecule has 0 saturated carbocycles. The van der Waals surface area contributed by atoms with Crippen LogP contribution in [0.2, 0.25) is 0 Å². The first-order chi connectivity index (χ1) is 11.7. The molecule has 1 heterocycles. The molecule has 0 N–H and O–H groups in total. The maximum Gasteiger partial charge on any atom is 0.241 e. The normalized spacial score (nSPS) is 12.2. The third-order valence-corrected chi connectivity index (χ3v) is 5.92. The second-order valence-electron chi connectivity index (χ2n) is 5.57. The highest BCUT2D eigenvalue weighted by Crippen LogP contribution is 2.30. The van der Waals surface area contributed by atoms with Crippen LogP contribution in [0.3, 0.4) is 0 Å². The van der Waals surface area contributed by atoms with E-state index in [2.05, 4.69) is 17.1 Å². The standard InChI is InChI=1S/C19H20N2OS2/c1-14(23-2)18(22)21(13-12-15-8-4-3-5-9-15)19-20-16-10-6-7-11-17(16)24-19/h3-11,14H,12-13H2,1-2H3. The molecule has 0 aliphatic carbocycles. The summed E-state index contributed by atoms with van der Waals surface area (Å²) in [6.07, 6.45) is 2.79. The van der Waals surface area contributed by atoms with Crippen molar-refractivity contribution >= 4 is 44.4 Å². The molecular formula is C19H20N2OS2. The molecule has 1 aromatic heterocycles. The van der Waals surface area contributed by atoms with E-state index in [9.17, 15) is 4.79 Å². The molecular weight excluding hydrogens is 336 g/mol. The number of anilines is 1. The Hall–Kier alpha value is -1.85. The van der Waals surface area contributed by atoms with Gasteiger partial charge in [-0.15, -0.1) is 0 Å². The van der Waals surface area contributed by atoms with Gasteiger partial charge in [0.1, 0.15) is 0 Å². The third kappa shape index (κ3) is 3.79. The zero-order valence-corrected chi connectivity index (χ0v) is 15.4. The molecule has 1 unspecified atom stereocenters. The fraction of sp³-hybridized carbons (Fsp3) is 0.263. The van der Waals surface area contributed by atoms with Crippen LogP contribution in [0.4, 0.5) is 5.13 Å². The highest BCUT2D eigenvalue weighted by Gasteiger charge is 2.23. The number of thioether (sulfide) groups is 1. The van der Waals surface area contributed by atoms with Crippen molar-refractivity contribution in [3.05, 3.63) is 60.2 Å². The lowest BCUT2D eigenvalue weighted by molar-refractivity contribution is -0.117. The maximum atomic E-state index is 12.8. The molecule has 0 fully saturated rings. The predicted octanol–water partition coefficient (Wildman–Crippen LogP) is 4.62. The van der Waals surface area contributed by atoms with Crippen molar-refractivity contribution in [1.82, 2.24) is 4.98 Å². The first-order valence-electron chi connectivity index (χ1n) is 7.92. The van der Waals surface area contributed by atoms with Crippen molar-refractivity contribution < 1.29 is 4.79 Å². The molecule has 1 amide bonds. The fourth-order valence-corrected chi connectivity index (χ4v) is 3.81. The molecule has 3 rings (SSSR count). The Bertz CT molecular complexity index is 783. The Morgan fingerprint density at radius 2 is 1.88 bits per heavy atom. The number of para-hydroxylation sites is 1. The number of carbonyl (C=O) groups excluding carboxylic acids is 1. The minimum Gasteiger partial charge on any atom is -0.287 e. The lowest BCUT2D eigenvalue weighted by atomic mass is 10.1. The minimum atomic E-state index is -0.0761. The van der Waals surface area contributed by atoms with Crippen molar-refractivity contribution in [2.24, 2.45) is 0 Å². The molecule has 2 aromatic carbocycles. The van der Waals surface area contributed by atoms with Crippen LogP contribution in [0.1, 0.15) is 12.5 Å². The molecule has 0 spiro atoms. The van der Waals surface area contributed by atoms with Crippen LogP contribution in [0.15, 0.2) is 54.6 Å². The first-order valence-corrected chi connectivity index (χ1v) is 10.0. The second-order valence-corrected chi connectivity index (χ2v) is 7.76. The van der Waals surface area contributed by atoms with Gasteiger partial charge in [0.15, 0.2) is 5.13 Å². The number of benzene rings is 2. The molecule has 0 aliphatic rings. The smallest absolute Gasteiger partial charge is 0.241 e. The Balaban J connectivity index is 1.87. The van der Waals surface area contributed by atoms with Gasteiger partial charge < -0.3 is 0 Å². The predicted molar refractivity (Wildman–Crippen MR) is 105 cm³/mol. The van der Waals surface area contributed by atoms with Gasteiger partial charge in [0.25, 0.3) is 0 Å². The quantitative estimate of drug-likeness (QED) is 0.646. The number of aromatic nitrogens is 1. The lowest BCUT2D eigenvalue weighted by Crippen LogP contribution is -2.38. The monoisotopic (exact) mass is 356 g/mol. The number of fused-ring (bicyclic) bond motifs is 1. The van der Waals surface area contributed by atoms with E-state index in [0.29, 0.717) is 6.54 Å². The zero-order chi connectivity index (χ0) is 16.9. The third-order valence-electron chi connectivity index (χ3n) is 3.95. The molecule has 0 saturated heterocycles. The number of carbonyl (C=O) groups is 1. The summed E-state index contributed by atoms with van der Waals surface area (Å²) in [6.45, 7) is 2.60. The van der Waals surface area contributed by atoms with Gasteiger partial charge in [-0.1, -0.05) is 53.8 Å². The summed E-state index contributed by atoms with van der Waals surface area (Å²) in [5.74, 6) is 0.123. The highest BCUT2D eigenvalue weighted by molar-refractivity contribution is 7.99. The molecule has 5 heteroatoms. The number of hydrogen-bond donors (Lipinski definition) is 0. The average Bonchev–Trinajstić information content (AvgIpc) is 3.05. The maximum absolute atomic E-state index is 12.8. The summed E-state index contributed by atoms with van der Waals surface area (Å²) in [5.41, 5.74) is 2.18. The summed E-state index contributed by atoms with van der Waals surface area (Å²) in [7, 11) is 0. The fourth-order valence-electron chi connectivity index (χ4n) is 2.48. The van der Waals surface area contributed by atoms with E-state index in [4.69, 9.17) is 0 Å². The topological polar surface area (TPSA) is 33.2 Å². The molecule has 3 aromatic rings. The first kappa shape index (κ1) is 17.0. The Kier molecular flexibility index (Phi) is 5.53. The summed E-state index contributed by atoms with van der Waals surface area (Å²) < 4.78 is 1.11. The van der Waals surface area contributed by atoms with Gasteiger partial charge in [-0.05, 0) is 37.3 Å². The van der Waals surface area contributed by atoms with E-state index in [0.717, 1.165) is 21.8 Å². The van der Waals surface area contributed by atoms with Crippen molar-refractivity contribution in [1.29, 1.82) is 0 Å². The summed E-state index contributed by atoms with van der Waals surface area (Å²) in [5, 5.41) is 0.714. The van der Waals surface area contributed by atoms with E-state index < -0.39 is 0 Å². The summed E-state index contributed by atoms with van der Waals surface area (Å²) >= 11 is 3.15. The molecule has 0 bridgehead atoms. The molecule has 3 nitrogen and oxygen atoms in total. The van der Waals surface area contributed by atoms with Crippen LogP contribution < -0.4 is 4.90 Å². The van der Waals surface area contributed by atoms with E-state index in [1.807, 2.05) is 60.5 Å². The molecule has 24 heavy (non-hydrogen) atoms. The van der Waals surface area contributed by atoms with E-state index in [1.54, 1.807) is 23.1 Å². The largest absolute Gasteiger partial charge is 0.287 e. The van der Waals surface area contributed by atoms with Crippen LogP contribution in [-0.4, -0.2) is 28.9 Å². The summed E-state index contributed by atoms with van der Waals surface area (Å²) in [4.78, 5) is 19.4. The highest BCUT2D eigenvalue weighted by atomic mass is 32.2. The number of rotatable bonds is 6. The second kappa shape index (κ2) is 7.81. The van der Waals surface area contributed by atoms with Gasteiger partial charge in [0.05, 0.1) is 15.5 Å². The van der Waals surface area contributed by atoms with Crippen LogP contribution in [0.5, 0.6) is 0 Å². The molecule has 0 aliphatic heterocycles. The Morgan fingerprint density at radius 1 is 1.17 bits per heavy atom. The zero-order valence-electron chi connectivity index (χ0n) is 13.8. The average molecular weight is 357 g/mol. The Labute approximate surface area is 150 Å².